The van der Waals surface area contributed by atoms with Crippen molar-refractivity contribution >= 4 is 29.6 Å². The zero-order valence-corrected chi connectivity index (χ0v) is 6.27. The molecular weight excluding hydrogens is 154 g/mol. The number of rotatable bonds is 3. The van der Waals surface area contributed by atoms with Crippen molar-refractivity contribution in [2.24, 2.45) is 0 Å². The van der Waals surface area contributed by atoms with E-state index in [2.05, 4.69) is 0 Å². The summed E-state index contributed by atoms with van der Waals surface area (Å²) in [5.74, 6) is 0. The molecule has 0 atom stereocenters. The van der Waals surface area contributed by atoms with Gasteiger partial charge in [-0.3, -0.25) is 4.39 Å². The zero-order valence-electron chi connectivity index (χ0n) is 3.76. The third kappa shape index (κ3) is 6.73. The highest BCUT2D eigenvalue weighted by molar-refractivity contribution is 7.33. The van der Waals surface area contributed by atoms with Crippen LogP contribution in [-0.4, -0.2) is 14.1 Å². The minimum Gasteiger partial charge on any atom is -0.251 e. The molecule has 0 amide bonds. The second kappa shape index (κ2) is 4.88. The lowest BCUT2D eigenvalue weighted by Gasteiger charge is -1.89. The van der Waals surface area contributed by atoms with E-state index in [0.717, 1.165) is 0 Å². The van der Waals surface area contributed by atoms with Gasteiger partial charge in [-0.05, 0) is 12.5 Å². The van der Waals surface area contributed by atoms with E-state index in [9.17, 15) is 4.39 Å². The first kappa shape index (κ1) is 7.73. The molecule has 0 nitrogen and oxygen atoms in total. The van der Waals surface area contributed by atoms with Crippen LogP contribution in [0, 0.1) is 0 Å². The predicted molar refractivity (Wildman–Crippen MR) is 32.9 cm³/mol. The van der Waals surface area contributed by atoms with Crippen LogP contribution in [0.15, 0.2) is 0 Å². The molecule has 0 aromatic carbocycles. The van der Waals surface area contributed by atoms with E-state index in [1.807, 2.05) is 0 Å². The van der Waals surface area contributed by atoms with Gasteiger partial charge < -0.3 is 0 Å². The Hall–Kier alpha value is 0.727. The van der Waals surface area contributed by atoms with E-state index in [1.54, 1.807) is 0 Å². The van der Waals surface area contributed by atoms with E-state index in [1.165, 1.54) is 0 Å². The maximum Gasteiger partial charge on any atom is 0.273 e. The molecule has 7 heavy (non-hydrogen) atoms. The largest absolute Gasteiger partial charge is 0.273 e. The van der Waals surface area contributed by atoms with Gasteiger partial charge in [-0.25, -0.2) is 0 Å². The monoisotopic (exact) mass is 159 g/mol. The number of alkyl halides is 1. The van der Waals surface area contributed by atoms with Crippen molar-refractivity contribution in [1.82, 2.24) is 0 Å². The third-order valence-corrected chi connectivity index (χ3v) is 2.36. The maximum atomic E-state index is 11.3. The van der Waals surface area contributed by atoms with Gasteiger partial charge in [0, 0.05) is 0 Å². The van der Waals surface area contributed by atoms with Crippen molar-refractivity contribution in [3.63, 3.8) is 0 Å². The molecule has 0 aromatic heterocycles. The van der Waals surface area contributed by atoms with E-state index in [-0.39, 0.29) is 6.67 Å². The second-order valence-electron chi connectivity index (χ2n) is 1.13. The molecule has 0 saturated heterocycles. The minimum absolute atomic E-state index is 0.298. The fraction of sp³-hybridized carbons (Fsp3) is 1.00. The van der Waals surface area contributed by atoms with Gasteiger partial charge in [0.2, 0.25) is 0 Å². The van der Waals surface area contributed by atoms with Crippen molar-refractivity contribution < 1.29 is 4.39 Å². The molecule has 43 valence electrons. The normalized spacial score (nSPS) is 10.3. The van der Waals surface area contributed by atoms with Crippen LogP contribution in [0.4, 0.5) is 4.39 Å². The average molecular weight is 160 g/mol. The van der Waals surface area contributed by atoms with Gasteiger partial charge in [0.1, 0.15) is 0 Å². The lowest BCUT2D eigenvalue weighted by molar-refractivity contribution is 0.487. The third-order valence-electron chi connectivity index (χ3n) is 0.499. The Bertz CT molecular complexity index is 41.9. The van der Waals surface area contributed by atoms with Gasteiger partial charge >= 0.3 is 0 Å². The van der Waals surface area contributed by atoms with Crippen molar-refractivity contribution in [2.75, 3.05) is 6.67 Å². The van der Waals surface area contributed by atoms with Crippen molar-refractivity contribution in [1.29, 1.82) is 0 Å². The Morgan fingerprint density at radius 2 is 2.00 bits per heavy atom. The molecule has 0 N–H and O–H groups in total. The molecule has 0 aliphatic carbocycles. The predicted octanol–water partition coefficient (Wildman–Crippen LogP) is 2.31. The van der Waals surface area contributed by atoms with E-state index in [0.29, 0.717) is 12.5 Å². The fourth-order valence-electron chi connectivity index (χ4n) is 0.200. The highest BCUT2D eigenvalue weighted by atomic mass is 35.7. The first-order valence-corrected chi connectivity index (χ1v) is 5.73. The molecule has 0 aliphatic heterocycles. The van der Waals surface area contributed by atoms with Gasteiger partial charge in [-0.2, -0.15) is 0 Å². The lowest BCUT2D eigenvalue weighted by atomic mass is 10.6. The van der Waals surface area contributed by atoms with Gasteiger partial charge in [0.15, 0.2) is 0 Å². The Labute approximate surface area is 53.6 Å². The zero-order chi connectivity index (χ0) is 5.70. The SMILES string of the molecule is FCCC[Si](Cl)Cl. The minimum atomic E-state index is -1.19. The van der Waals surface area contributed by atoms with Crippen LogP contribution < -0.4 is 0 Å². The Morgan fingerprint density at radius 1 is 1.43 bits per heavy atom. The number of hydrogen-bond acceptors (Lipinski definition) is 0. The summed E-state index contributed by atoms with van der Waals surface area (Å²) >= 11 is 10.7. The molecule has 0 aromatic rings. The molecular formula is C3H6Cl2FSi. The summed E-state index contributed by atoms with van der Waals surface area (Å²) in [6, 6.07) is 0.657. The van der Waals surface area contributed by atoms with Gasteiger partial charge in [0.05, 0.1) is 6.67 Å². The van der Waals surface area contributed by atoms with Crippen LogP contribution in [0.25, 0.3) is 0 Å². The smallest absolute Gasteiger partial charge is 0.251 e. The van der Waals surface area contributed by atoms with Crippen molar-refractivity contribution in [2.45, 2.75) is 12.5 Å². The molecule has 0 bridgehead atoms. The summed E-state index contributed by atoms with van der Waals surface area (Å²) in [5.41, 5.74) is 0. The number of halogens is 3. The summed E-state index contributed by atoms with van der Waals surface area (Å²) in [7, 11) is -1.19. The topological polar surface area (TPSA) is 0 Å². The summed E-state index contributed by atoms with van der Waals surface area (Å²) in [5, 5.41) is 0. The van der Waals surface area contributed by atoms with Crippen LogP contribution in [-0.2, 0) is 0 Å². The molecule has 4 heteroatoms. The summed E-state index contributed by atoms with van der Waals surface area (Å²) in [6.07, 6.45) is 0.515. The highest BCUT2D eigenvalue weighted by Gasteiger charge is 2.00. The lowest BCUT2D eigenvalue weighted by Crippen LogP contribution is -1.90. The Balaban J connectivity index is 2.68. The van der Waals surface area contributed by atoms with Crippen LogP contribution in [0.5, 0.6) is 0 Å². The van der Waals surface area contributed by atoms with Crippen molar-refractivity contribution in [3.05, 3.63) is 0 Å². The van der Waals surface area contributed by atoms with Crippen molar-refractivity contribution in [3.8, 4) is 0 Å². The molecule has 0 fully saturated rings. The highest BCUT2D eigenvalue weighted by Crippen LogP contribution is 2.05. The Morgan fingerprint density at radius 3 is 2.14 bits per heavy atom. The molecule has 1 radical (unpaired) electrons. The fourth-order valence-corrected chi connectivity index (χ4v) is 1.40. The van der Waals surface area contributed by atoms with Gasteiger partial charge in [-0.1, -0.05) is 0 Å². The summed E-state index contributed by atoms with van der Waals surface area (Å²) in [4.78, 5) is 0. The molecule has 0 unspecified atom stereocenters. The average Bonchev–Trinajstić information content (AvgIpc) is 1.61. The van der Waals surface area contributed by atoms with Crippen LogP contribution in [0.3, 0.4) is 0 Å². The first-order valence-electron chi connectivity index (χ1n) is 2.00. The summed E-state index contributed by atoms with van der Waals surface area (Å²) < 4.78 is 11.3. The quantitative estimate of drug-likeness (QED) is 0.439. The van der Waals surface area contributed by atoms with Crippen LogP contribution in [0.2, 0.25) is 6.04 Å². The van der Waals surface area contributed by atoms with E-state index < -0.39 is 7.42 Å². The second-order valence-corrected chi connectivity index (χ2v) is 5.63. The first-order chi connectivity index (χ1) is 3.27. The van der Waals surface area contributed by atoms with Crippen LogP contribution >= 0.6 is 22.2 Å². The van der Waals surface area contributed by atoms with Crippen LogP contribution in [0.1, 0.15) is 6.42 Å². The van der Waals surface area contributed by atoms with Gasteiger partial charge in [-0.15, -0.1) is 22.2 Å². The van der Waals surface area contributed by atoms with E-state index in [4.69, 9.17) is 22.2 Å². The molecule has 0 rings (SSSR count). The molecule has 0 spiro atoms. The maximum absolute atomic E-state index is 11.3. The Kier molecular flexibility index (Phi) is 5.38. The molecule has 0 heterocycles. The summed E-state index contributed by atoms with van der Waals surface area (Å²) in [6.45, 7) is -0.298. The van der Waals surface area contributed by atoms with E-state index >= 15 is 0 Å². The molecule has 0 saturated carbocycles. The molecule has 0 aliphatic rings. The van der Waals surface area contributed by atoms with Gasteiger partial charge in [0.25, 0.3) is 7.42 Å². The number of hydrogen-bond donors (Lipinski definition) is 0. The standard InChI is InChI=1S/C3H6Cl2FSi/c4-7(5)3-1-2-6/h1-3H2.